The summed E-state index contributed by atoms with van der Waals surface area (Å²) in [5.74, 6) is 0. The fourth-order valence-electron chi connectivity index (χ4n) is 2.26. The van der Waals surface area contributed by atoms with Gasteiger partial charge >= 0.3 is 0 Å². The highest BCUT2D eigenvalue weighted by atomic mass is 32.1. The van der Waals surface area contributed by atoms with Gasteiger partial charge in [0.05, 0.1) is 18.2 Å². The molecule has 3 aromatic rings. The number of nitrogens with zero attached hydrogens (tertiary/aromatic N) is 4. The molecular formula is C16H12N4OS2. The van der Waals surface area contributed by atoms with E-state index in [-0.39, 0.29) is 5.56 Å². The first kappa shape index (κ1) is 15.3. The van der Waals surface area contributed by atoms with Gasteiger partial charge in [-0.2, -0.15) is 5.26 Å². The molecule has 2 heterocycles. The summed E-state index contributed by atoms with van der Waals surface area (Å²) in [7, 11) is 0. The Balaban J connectivity index is 2.04. The number of fused-ring (bicyclic) bond motifs is 1. The zero-order valence-electron chi connectivity index (χ0n) is 12.1. The highest BCUT2D eigenvalue weighted by Crippen LogP contribution is 2.18. The Morgan fingerprint density at radius 2 is 2.13 bits per heavy atom. The van der Waals surface area contributed by atoms with Crippen LogP contribution in [0.1, 0.15) is 11.1 Å². The van der Waals surface area contributed by atoms with E-state index in [2.05, 4.69) is 17.6 Å². The Hall–Kier alpha value is -2.56. The molecule has 0 spiro atoms. The molecule has 114 valence electrons. The maximum absolute atomic E-state index is 12.6. The lowest BCUT2D eigenvalue weighted by Gasteiger charge is -2.06. The number of aromatic nitrogens is 3. The monoisotopic (exact) mass is 340 g/mol. The summed E-state index contributed by atoms with van der Waals surface area (Å²) in [4.78, 5) is 17.0. The number of hydrogen-bond donors (Lipinski definition) is 0. The molecule has 0 aliphatic heterocycles. The van der Waals surface area contributed by atoms with Crippen molar-refractivity contribution in [1.29, 1.82) is 5.26 Å². The second-order valence-corrected chi connectivity index (χ2v) is 6.55. The van der Waals surface area contributed by atoms with E-state index in [0.717, 1.165) is 5.56 Å². The average Bonchev–Trinajstić information content (AvgIpc) is 2.88. The summed E-state index contributed by atoms with van der Waals surface area (Å²) in [6.45, 7) is 4.63. The molecule has 0 radical (unpaired) electrons. The molecule has 0 bridgehead atoms. The van der Waals surface area contributed by atoms with Gasteiger partial charge in [-0.25, -0.2) is 4.98 Å². The largest absolute Gasteiger partial charge is 0.304 e. The van der Waals surface area contributed by atoms with Crippen LogP contribution in [-0.4, -0.2) is 14.1 Å². The Kier molecular flexibility index (Phi) is 4.19. The first-order valence-electron chi connectivity index (χ1n) is 6.82. The molecule has 0 amide bonds. The van der Waals surface area contributed by atoms with Crippen LogP contribution < -0.4 is 5.56 Å². The van der Waals surface area contributed by atoms with E-state index >= 15 is 0 Å². The van der Waals surface area contributed by atoms with Crippen LogP contribution in [0.5, 0.6) is 0 Å². The van der Waals surface area contributed by atoms with Gasteiger partial charge in [-0.15, -0.1) is 6.58 Å². The molecule has 0 N–H and O–H groups in total. The van der Waals surface area contributed by atoms with Crippen molar-refractivity contribution in [2.45, 2.75) is 13.1 Å². The number of allylic oxidation sites excluding steroid dienone is 1. The van der Waals surface area contributed by atoms with E-state index in [4.69, 9.17) is 17.5 Å². The lowest BCUT2D eigenvalue weighted by Crippen LogP contribution is -2.20. The Labute approximate surface area is 141 Å². The van der Waals surface area contributed by atoms with E-state index in [1.54, 1.807) is 27.3 Å². The predicted octanol–water partition coefficient (Wildman–Crippen LogP) is 3.09. The van der Waals surface area contributed by atoms with Crippen molar-refractivity contribution in [3.05, 3.63) is 68.7 Å². The van der Waals surface area contributed by atoms with Gasteiger partial charge < -0.3 is 4.57 Å². The van der Waals surface area contributed by atoms with Gasteiger partial charge in [0.2, 0.25) is 0 Å². The van der Waals surface area contributed by atoms with Gasteiger partial charge in [0.15, 0.2) is 9.60 Å². The zero-order chi connectivity index (χ0) is 16.4. The van der Waals surface area contributed by atoms with Crippen LogP contribution in [0.15, 0.2) is 48.0 Å². The van der Waals surface area contributed by atoms with Gasteiger partial charge in [0.1, 0.15) is 11.0 Å². The molecule has 1 aromatic carbocycles. The SMILES string of the molecule is C=CCn1c(=S)sc2c(=O)n(Cc3ccc(C#N)cc3)cnc21. The fourth-order valence-corrected chi connectivity index (χ4v) is 3.57. The standard InChI is InChI=1S/C16H12N4OS2/c1-2-7-20-14-13(23-16(20)22)15(21)19(10-18-14)9-12-5-3-11(8-17)4-6-12/h2-6,10H,1,7,9H2. The molecule has 23 heavy (non-hydrogen) atoms. The van der Waals surface area contributed by atoms with E-state index in [0.29, 0.717) is 33.0 Å². The maximum Gasteiger partial charge on any atom is 0.273 e. The van der Waals surface area contributed by atoms with Crippen molar-refractivity contribution in [3.63, 3.8) is 0 Å². The summed E-state index contributed by atoms with van der Waals surface area (Å²) >= 11 is 6.56. The van der Waals surface area contributed by atoms with E-state index < -0.39 is 0 Å². The number of thiazole rings is 1. The second-order valence-electron chi connectivity index (χ2n) is 4.91. The Morgan fingerprint density at radius 1 is 1.39 bits per heavy atom. The molecule has 0 atom stereocenters. The van der Waals surface area contributed by atoms with Crippen LogP contribution in [0.25, 0.3) is 10.3 Å². The van der Waals surface area contributed by atoms with E-state index in [1.165, 1.54) is 17.7 Å². The topological polar surface area (TPSA) is 63.6 Å². The van der Waals surface area contributed by atoms with Crippen molar-refractivity contribution in [3.8, 4) is 6.07 Å². The van der Waals surface area contributed by atoms with Crippen LogP contribution in [0.4, 0.5) is 0 Å². The number of hydrogen-bond acceptors (Lipinski definition) is 5. The van der Waals surface area contributed by atoms with E-state index in [1.807, 2.05) is 12.1 Å². The minimum absolute atomic E-state index is 0.113. The number of rotatable bonds is 4. The Bertz CT molecular complexity index is 1040. The van der Waals surface area contributed by atoms with Crippen molar-refractivity contribution in [1.82, 2.24) is 14.1 Å². The second kappa shape index (κ2) is 6.28. The van der Waals surface area contributed by atoms with Crippen LogP contribution in [-0.2, 0) is 13.1 Å². The molecule has 0 saturated carbocycles. The summed E-state index contributed by atoms with van der Waals surface area (Å²) in [6.07, 6.45) is 3.26. The average molecular weight is 340 g/mol. The molecule has 0 fully saturated rings. The lowest BCUT2D eigenvalue weighted by molar-refractivity contribution is 0.741. The first-order chi connectivity index (χ1) is 11.1. The van der Waals surface area contributed by atoms with Gasteiger partial charge in [0.25, 0.3) is 5.56 Å². The summed E-state index contributed by atoms with van der Waals surface area (Å²) in [5, 5.41) is 8.82. The minimum Gasteiger partial charge on any atom is -0.304 e. The highest BCUT2D eigenvalue weighted by molar-refractivity contribution is 7.73. The molecule has 0 aliphatic rings. The summed E-state index contributed by atoms with van der Waals surface area (Å²) in [5.41, 5.74) is 2.01. The molecule has 0 unspecified atom stereocenters. The normalized spacial score (nSPS) is 10.6. The summed E-state index contributed by atoms with van der Waals surface area (Å²) < 4.78 is 4.51. The smallest absolute Gasteiger partial charge is 0.273 e. The van der Waals surface area contributed by atoms with Crippen molar-refractivity contribution in [2.75, 3.05) is 0 Å². The zero-order valence-corrected chi connectivity index (χ0v) is 13.7. The molecule has 3 rings (SSSR count). The predicted molar refractivity (Wildman–Crippen MR) is 93.2 cm³/mol. The van der Waals surface area contributed by atoms with Gasteiger partial charge in [-0.1, -0.05) is 29.5 Å². The van der Waals surface area contributed by atoms with Crippen LogP contribution >= 0.6 is 23.6 Å². The highest BCUT2D eigenvalue weighted by Gasteiger charge is 2.11. The van der Waals surface area contributed by atoms with Crippen LogP contribution in [0.2, 0.25) is 0 Å². The fraction of sp³-hybridized carbons (Fsp3) is 0.125. The maximum atomic E-state index is 12.6. The van der Waals surface area contributed by atoms with Crippen LogP contribution in [0.3, 0.4) is 0 Å². The van der Waals surface area contributed by atoms with E-state index in [9.17, 15) is 4.79 Å². The molecular weight excluding hydrogens is 328 g/mol. The molecule has 5 nitrogen and oxygen atoms in total. The molecule has 0 aliphatic carbocycles. The molecule has 2 aromatic heterocycles. The van der Waals surface area contributed by atoms with Gasteiger partial charge in [0, 0.05) is 6.54 Å². The molecule has 7 heteroatoms. The van der Waals surface area contributed by atoms with Gasteiger partial charge in [-0.3, -0.25) is 9.36 Å². The van der Waals surface area contributed by atoms with Crippen molar-refractivity contribution < 1.29 is 0 Å². The first-order valence-corrected chi connectivity index (χ1v) is 8.05. The minimum atomic E-state index is -0.113. The third-order valence-electron chi connectivity index (χ3n) is 3.39. The van der Waals surface area contributed by atoms with Gasteiger partial charge in [-0.05, 0) is 29.9 Å². The molecule has 0 saturated heterocycles. The quantitative estimate of drug-likeness (QED) is 0.541. The Morgan fingerprint density at radius 3 is 2.78 bits per heavy atom. The number of nitriles is 1. The van der Waals surface area contributed by atoms with Crippen LogP contribution in [0, 0.1) is 15.3 Å². The lowest BCUT2D eigenvalue weighted by atomic mass is 10.1. The summed E-state index contributed by atoms with van der Waals surface area (Å²) in [6, 6.07) is 9.21. The number of benzene rings is 1. The van der Waals surface area contributed by atoms with Crippen molar-refractivity contribution >= 4 is 33.9 Å². The third-order valence-corrected chi connectivity index (χ3v) is 4.82. The van der Waals surface area contributed by atoms with Crippen molar-refractivity contribution in [2.24, 2.45) is 0 Å². The third kappa shape index (κ3) is 2.86.